The molecule has 0 bridgehead atoms. The Kier molecular flexibility index (Phi) is 8.87. The lowest BCUT2D eigenvalue weighted by atomic mass is 10.1. The fourth-order valence-corrected chi connectivity index (χ4v) is 9.20. The Morgan fingerprint density at radius 3 is 1.78 bits per heavy atom. The maximum absolute atomic E-state index is 6.55. The van der Waals surface area contributed by atoms with Crippen LogP contribution in [0.15, 0.2) is 91.0 Å². The first kappa shape index (κ1) is 26.3. The van der Waals surface area contributed by atoms with Gasteiger partial charge in [-0.15, -0.1) is 0 Å². The molecule has 37 heavy (non-hydrogen) atoms. The summed E-state index contributed by atoms with van der Waals surface area (Å²) in [6.07, 6.45) is -0.325. The molecule has 0 saturated carbocycles. The van der Waals surface area contributed by atoms with Crippen molar-refractivity contribution < 1.29 is 23.7 Å². The molecule has 2 aliphatic rings. The zero-order valence-electron chi connectivity index (χ0n) is 21.8. The average molecular weight is 519 g/mol. The monoisotopic (exact) mass is 518 g/mol. The van der Waals surface area contributed by atoms with Crippen LogP contribution >= 0.6 is 0 Å². The summed E-state index contributed by atoms with van der Waals surface area (Å²) < 4.78 is 30.6. The number of ether oxygens (including phenoxy) is 5. The Hall–Kier alpha value is -2.32. The summed E-state index contributed by atoms with van der Waals surface area (Å²) in [6.45, 7) is 8.07. The molecule has 2 fully saturated rings. The van der Waals surface area contributed by atoms with Crippen LogP contribution in [0, 0.1) is 0 Å². The van der Waals surface area contributed by atoms with Gasteiger partial charge in [-0.1, -0.05) is 115 Å². The molecule has 5 rings (SSSR count). The largest absolute Gasteiger partial charge is 0.374 e. The Bertz CT molecular complexity index is 1040. The molecule has 6 heteroatoms. The number of fused-ring (bicyclic) bond motifs is 1. The first-order valence-corrected chi connectivity index (χ1v) is 15.0. The van der Waals surface area contributed by atoms with Gasteiger partial charge in [0.05, 0.1) is 39.6 Å². The molecule has 196 valence electrons. The van der Waals surface area contributed by atoms with Crippen LogP contribution in [0.5, 0.6) is 0 Å². The molecule has 3 aromatic carbocycles. The quantitative estimate of drug-likeness (QED) is 0.271. The Morgan fingerprint density at radius 1 is 0.703 bits per heavy atom. The summed E-state index contributed by atoms with van der Waals surface area (Å²) in [7, 11) is -1.55. The highest BCUT2D eigenvalue weighted by atomic mass is 28.3. The third-order valence-electron chi connectivity index (χ3n) is 7.35. The maximum atomic E-state index is 6.55. The van der Waals surface area contributed by atoms with Crippen LogP contribution < -0.4 is 10.4 Å². The van der Waals surface area contributed by atoms with Crippen LogP contribution in [0.3, 0.4) is 0 Å². The summed E-state index contributed by atoms with van der Waals surface area (Å²) in [6, 6.07) is 32.0. The van der Waals surface area contributed by atoms with Crippen LogP contribution in [-0.2, 0) is 30.3 Å². The molecule has 0 aromatic heterocycles. The van der Waals surface area contributed by atoms with Gasteiger partial charge in [0.15, 0.2) is 0 Å². The lowest BCUT2D eigenvalue weighted by Crippen LogP contribution is -2.52. The summed E-state index contributed by atoms with van der Waals surface area (Å²) in [4.78, 5) is 0. The second-order valence-electron chi connectivity index (χ2n) is 10.6. The number of benzene rings is 3. The summed E-state index contributed by atoms with van der Waals surface area (Å²) in [5, 5.41) is 2.87. The fourth-order valence-electron chi connectivity index (χ4n) is 5.53. The Labute approximate surface area is 222 Å². The number of rotatable bonds is 12. The van der Waals surface area contributed by atoms with Crippen molar-refractivity contribution in [3.05, 3.63) is 96.6 Å². The van der Waals surface area contributed by atoms with Crippen molar-refractivity contribution in [3.8, 4) is 0 Å². The van der Waals surface area contributed by atoms with Gasteiger partial charge in [0.2, 0.25) is 0 Å². The van der Waals surface area contributed by atoms with Crippen molar-refractivity contribution in [2.45, 2.75) is 49.9 Å². The maximum Gasteiger partial charge on any atom is 0.115 e. The molecule has 0 aliphatic carbocycles. The van der Waals surface area contributed by atoms with Crippen molar-refractivity contribution in [1.82, 2.24) is 0 Å². The predicted octanol–water partition coefficient (Wildman–Crippen LogP) is 3.59. The van der Waals surface area contributed by atoms with E-state index in [2.05, 4.69) is 86.6 Å². The van der Waals surface area contributed by atoms with Gasteiger partial charge in [0.25, 0.3) is 0 Å². The second kappa shape index (κ2) is 12.5. The molecule has 0 radical (unpaired) electrons. The smallest absolute Gasteiger partial charge is 0.115 e. The standard InChI is InChI=1S/C31H38O5Si/c1-31(2,37(25-14-8-4-9-15-25)26-16-10-5-11-17-26)23-36-28-22-35-29-27(21-34-30(28)29)33-19-18-32-20-24-12-6-3-7-13-24/h3-17,27-30,37H,18-23H2,1-2H3/t27-,28-,29-,30+/m1/s1. The molecule has 0 unspecified atom stereocenters. The van der Waals surface area contributed by atoms with E-state index in [1.54, 1.807) is 0 Å². The highest BCUT2D eigenvalue weighted by Gasteiger charge is 2.49. The van der Waals surface area contributed by atoms with Gasteiger partial charge >= 0.3 is 0 Å². The molecule has 2 saturated heterocycles. The molecule has 3 aromatic rings. The first-order valence-electron chi connectivity index (χ1n) is 13.3. The Morgan fingerprint density at radius 2 is 1.22 bits per heavy atom. The van der Waals surface area contributed by atoms with Gasteiger partial charge in [-0.25, -0.2) is 0 Å². The van der Waals surface area contributed by atoms with Crippen LogP contribution in [0.2, 0.25) is 5.04 Å². The predicted molar refractivity (Wildman–Crippen MR) is 148 cm³/mol. The van der Waals surface area contributed by atoms with Crippen molar-refractivity contribution in [1.29, 1.82) is 0 Å². The van der Waals surface area contributed by atoms with Gasteiger partial charge in [0, 0.05) is 0 Å². The van der Waals surface area contributed by atoms with Crippen molar-refractivity contribution in [2.75, 3.05) is 33.0 Å². The highest BCUT2D eigenvalue weighted by Crippen LogP contribution is 2.34. The van der Waals surface area contributed by atoms with Crippen LogP contribution in [0.1, 0.15) is 19.4 Å². The number of hydrogen-bond acceptors (Lipinski definition) is 5. The summed E-state index contributed by atoms with van der Waals surface area (Å²) in [5.74, 6) is 0. The fraction of sp³-hybridized carbons (Fsp3) is 0.419. The SMILES string of the molecule is CC(C)(CO[C@@H]1CO[C@H]2[C@H]1OC[C@H]2OCCOCc1ccccc1)[SiH](c1ccccc1)c1ccccc1. The van der Waals surface area contributed by atoms with E-state index < -0.39 is 8.80 Å². The van der Waals surface area contributed by atoms with Gasteiger partial charge in [-0.05, 0) is 10.6 Å². The van der Waals surface area contributed by atoms with Gasteiger partial charge in [0.1, 0.15) is 33.2 Å². The normalized spacial score (nSPS) is 23.4. The lowest BCUT2D eigenvalue weighted by molar-refractivity contribution is -0.0633. The van der Waals surface area contributed by atoms with E-state index >= 15 is 0 Å². The van der Waals surface area contributed by atoms with Gasteiger partial charge in [-0.2, -0.15) is 0 Å². The summed E-state index contributed by atoms with van der Waals surface area (Å²) >= 11 is 0. The van der Waals surface area contributed by atoms with Crippen LogP contribution in [0.4, 0.5) is 0 Å². The van der Waals surface area contributed by atoms with E-state index in [4.69, 9.17) is 23.7 Å². The first-order chi connectivity index (χ1) is 18.1. The van der Waals surface area contributed by atoms with Gasteiger partial charge in [-0.3, -0.25) is 0 Å². The number of hydrogen-bond donors (Lipinski definition) is 0. The molecular weight excluding hydrogens is 480 g/mol. The third kappa shape index (κ3) is 6.58. The molecule has 0 N–H and O–H groups in total. The van der Waals surface area contributed by atoms with Crippen molar-refractivity contribution in [3.63, 3.8) is 0 Å². The van der Waals surface area contributed by atoms with Crippen LogP contribution in [0.25, 0.3) is 0 Å². The minimum absolute atomic E-state index is 0.00535. The molecule has 0 spiro atoms. The minimum Gasteiger partial charge on any atom is -0.374 e. The topological polar surface area (TPSA) is 46.2 Å². The van der Waals surface area contributed by atoms with Crippen molar-refractivity contribution in [2.24, 2.45) is 0 Å². The highest BCUT2D eigenvalue weighted by molar-refractivity contribution is 6.87. The molecular formula is C31H38O5Si. The average Bonchev–Trinajstić information content (AvgIpc) is 3.52. The second-order valence-corrected chi connectivity index (χ2v) is 14.4. The van der Waals surface area contributed by atoms with E-state index in [1.807, 2.05) is 18.2 Å². The Balaban J connectivity index is 1.12. The zero-order chi connectivity index (χ0) is 25.5. The van der Waals surface area contributed by atoms with Crippen molar-refractivity contribution >= 4 is 19.2 Å². The summed E-state index contributed by atoms with van der Waals surface area (Å²) in [5.41, 5.74) is 1.17. The molecule has 5 nitrogen and oxygen atoms in total. The van der Waals surface area contributed by atoms with E-state index in [9.17, 15) is 0 Å². The van der Waals surface area contributed by atoms with Gasteiger partial charge < -0.3 is 23.7 Å². The third-order valence-corrected chi connectivity index (χ3v) is 11.2. The lowest BCUT2D eigenvalue weighted by Gasteiger charge is -2.35. The van der Waals surface area contributed by atoms with E-state index in [0.717, 1.165) is 0 Å². The van der Waals surface area contributed by atoms with E-state index in [1.165, 1.54) is 15.9 Å². The van der Waals surface area contributed by atoms with E-state index in [-0.39, 0.29) is 29.5 Å². The molecule has 2 aliphatic heterocycles. The minimum atomic E-state index is -1.55. The molecule has 0 amide bonds. The van der Waals surface area contributed by atoms with Crippen LogP contribution in [-0.4, -0.2) is 66.2 Å². The zero-order valence-corrected chi connectivity index (χ0v) is 23.0. The molecule has 2 heterocycles. The molecule has 4 atom stereocenters. The van der Waals surface area contributed by atoms with E-state index in [0.29, 0.717) is 39.6 Å².